The smallest absolute Gasteiger partial charge is 0.0541 e. The van der Waals surface area contributed by atoms with Crippen LogP contribution < -0.4 is 0 Å². The first kappa shape index (κ1) is 24.7. The predicted octanol–water partition coefficient (Wildman–Crippen LogP) is 10.8. The van der Waals surface area contributed by atoms with Gasteiger partial charge in [0.15, 0.2) is 0 Å². The van der Waals surface area contributed by atoms with Gasteiger partial charge in [0.25, 0.3) is 0 Å². The average Bonchev–Trinajstić information content (AvgIpc) is 3.49. The van der Waals surface area contributed by atoms with Gasteiger partial charge in [0.2, 0.25) is 0 Å². The molecule has 0 bridgehead atoms. The normalized spacial score (nSPS) is 11.9. The van der Waals surface area contributed by atoms with E-state index in [1.165, 1.54) is 60.8 Å². The van der Waals surface area contributed by atoms with E-state index in [1.54, 1.807) is 0 Å². The van der Waals surface area contributed by atoms with Crippen molar-refractivity contribution in [3.05, 3.63) is 137 Å². The molecular weight excluding hydrogens is 552 g/mol. The van der Waals surface area contributed by atoms with Crippen molar-refractivity contribution in [2.45, 2.75) is 20.3 Å². The van der Waals surface area contributed by atoms with Crippen molar-refractivity contribution in [2.75, 3.05) is 0 Å². The zero-order valence-electron chi connectivity index (χ0n) is 22.6. The zero-order chi connectivity index (χ0) is 27.2. The van der Waals surface area contributed by atoms with Gasteiger partial charge in [-0.05, 0) is 103 Å². The molecule has 0 N–H and O–H groups in total. The van der Waals surface area contributed by atoms with Gasteiger partial charge >= 0.3 is 0 Å². The lowest BCUT2D eigenvalue weighted by Gasteiger charge is -2.10. The number of fused-ring (bicyclic) bond motifs is 4. The Morgan fingerprint density at radius 1 is 0.600 bits per heavy atom. The van der Waals surface area contributed by atoms with Crippen molar-refractivity contribution < 1.29 is 0 Å². The SMILES string of the molecule is C/C=C\c1c(CC)c2cc(-c3ccc4c(c3)c3ccccc3n4-c3ccc(Br)cc3)ccc2n1-c1ccccc1. The number of rotatable bonds is 5. The summed E-state index contributed by atoms with van der Waals surface area (Å²) in [5, 5.41) is 3.85. The highest BCUT2D eigenvalue weighted by molar-refractivity contribution is 9.10. The fourth-order valence-electron chi connectivity index (χ4n) is 6.14. The Kier molecular flexibility index (Phi) is 6.17. The number of aromatic nitrogens is 2. The first-order valence-corrected chi connectivity index (χ1v) is 14.6. The number of aryl methyl sites for hydroxylation is 1. The van der Waals surface area contributed by atoms with Gasteiger partial charge in [0.05, 0.1) is 16.6 Å². The number of hydrogen-bond acceptors (Lipinski definition) is 0. The fourth-order valence-corrected chi connectivity index (χ4v) is 6.40. The largest absolute Gasteiger partial charge is 0.310 e. The molecule has 194 valence electrons. The number of para-hydroxylation sites is 2. The van der Waals surface area contributed by atoms with Crippen molar-refractivity contribution in [2.24, 2.45) is 0 Å². The van der Waals surface area contributed by atoms with Crippen LogP contribution >= 0.6 is 15.9 Å². The number of nitrogens with zero attached hydrogens (tertiary/aromatic N) is 2. The molecule has 0 saturated carbocycles. The summed E-state index contributed by atoms with van der Waals surface area (Å²) in [4.78, 5) is 0. The van der Waals surface area contributed by atoms with Crippen LogP contribution in [0.5, 0.6) is 0 Å². The summed E-state index contributed by atoms with van der Waals surface area (Å²) in [6.07, 6.45) is 5.36. The van der Waals surface area contributed by atoms with E-state index in [2.05, 4.69) is 166 Å². The predicted molar refractivity (Wildman–Crippen MR) is 175 cm³/mol. The molecule has 0 aliphatic carbocycles. The van der Waals surface area contributed by atoms with Crippen LogP contribution in [0, 0.1) is 0 Å². The van der Waals surface area contributed by atoms with Crippen molar-refractivity contribution in [3.63, 3.8) is 0 Å². The Hall–Kier alpha value is -4.34. The molecule has 5 aromatic carbocycles. The van der Waals surface area contributed by atoms with Crippen LogP contribution in [0.4, 0.5) is 0 Å². The molecule has 2 aromatic heterocycles. The maximum absolute atomic E-state index is 3.58. The third-order valence-corrected chi connectivity index (χ3v) is 8.42. The monoisotopic (exact) mass is 580 g/mol. The standard InChI is InChI=1S/C37H29BrN2/c1-3-10-34-30(4-2)32-23-25(15-21-36(32)39(34)28-11-6-5-7-12-28)26-16-22-37-33(24-26)31-13-8-9-14-35(31)40(37)29-19-17-27(38)18-20-29/h3,5-24H,4H2,1-2H3/b10-3-. The van der Waals surface area contributed by atoms with E-state index in [0.717, 1.165) is 16.6 Å². The minimum Gasteiger partial charge on any atom is -0.310 e. The second-order valence-electron chi connectivity index (χ2n) is 10.2. The van der Waals surface area contributed by atoms with Gasteiger partial charge in [-0.2, -0.15) is 0 Å². The molecule has 0 saturated heterocycles. The van der Waals surface area contributed by atoms with E-state index < -0.39 is 0 Å². The van der Waals surface area contributed by atoms with Gasteiger partial charge < -0.3 is 9.13 Å². The highest BCUT2D eigenvalue weighted by atomic mass is 79.9. The molecule has 40 heavy (non-hydrogen) atoms. The molecule has 0 aliphatic heterocycles. The summed E-state index contributed by atoms with van der Waals surface area (Å²) < 4.78 is 5.84. The topological polar surface area (TPSA) is 9.86 Å². The summed E-state index contributed by atoms with van der Waals surface area (Å²) >= 11 is 3.58. The Labute approximate surface area is 242 Å². The minimum atomic E-state index is 0.971. The molecule has 0 atom stereocenters. The fraction of sp³-hybridized carbons (Fsp3) is 0.0811. The zero-order valence-corrected chi connectivity index (χ0v) is 24.2. The van der Waals surface area contributed by atoms with Gasteiger partial charge in [-0.1, -0.05) is 77.5 Å². The molecule has 0 fully saturated rings. The summed E-state index contributed by atoms with van der Waals surface area (Å²) in [5.74, 6) is 0. The van der Waals surface area contributed by atoms with Crippen LogP contribution in [0.1, 0.15) is 25.1 Å². The maximum atomic E-state index is 3.58. The summed E-state index contributed by atoms with van der Waals surface area (Å²) in [7, 11) is 0. The van der Waals surface area contributed by atoms with Crippen LogP contribution in [0.3, 0.4) is 0 Å². The minimum absolute atomic E-state index is 0.971. The third-order valence-electron chi connectivity index (χ3n) is 7.90. The van der Waals surface area contributed by atoms with Crippen molar-refractivity contribution in [3.8, 4) is 22.5 Å². The number of allylic oxidation sites excluding steroid dienone is 1. The van der Waals surface area contributed by atoms with Crippen molar-refractivity contribution in [1.29, 1.82) is 0 Å². The highest BCUT2D eigenvalue weighted by Gasteiger charge is 2.17. The van der Waals surface area contributed by atoms with E-state index in [4.69, 9.17) is 0 Å². The quantitative estimate of drug-likeness (QED) is 0.191. The molecule has 2 heterocycles. The average molecular weight is 582 g/mol. The molecule has 0 amide bonds. The molecule has 3 heteroatoms. The first-order chi connectivity index (χ1) is 19.7. The Balaban J connectivity index is 1.44. The summed E-state index contributed by atoms with van der Waals surface area (Å²) in [6, 6.07) is 41.8. The second-order valence-corrected chi connectivity index (χ2v) is 11.1. The molecule has 7 rings (SSSR count). The van der Waals surface area contributed by atoms with Crippen LogP contribution in [0.15, 0.2) is 126 Å². The third kappa shape index (κ3) is 3.92. The van der Waals surface area contributed by atoms with E-state index >= 15 is 0 Å². The van der Waals surface area contributed by atoms with Gasteiger partial charge in [-0.15, -0.1) is 0 Å². The van der Waals surface area contributed by atoms with Crippen LogP contribution in [-0.4, -0.2) is 9.13 Å². The molecule has 0 radical (unpaired) electrons. The Morgan fingerprint density at radius 2 is 1.20 bits per heavy atom. The van der Waals surface area contributed by atoms with Crippen LogP contribution in [-0.2, 0) is 6.42 Å². The lowest BCUT2D eigenvalue weighted by Crippen LogP contribution is -1.97. The first-order valence-electron chi connectivity index (χ1n) is 13.8. The number of benzene rings is 5. The van der Waals surface area contributed by atoms with Crippen molar-refractivity contribution >= 4 is 54.7 Å². The van der Waals surface area contributed by atoms with E-state index in [-0.39, 0.29) is 0 Å². The molecule has 0 spiro atoms. The summed E-state index contributed by atoms with van der Waals surface area (Å²) in [5.41, 5.74) is 11.1. The Bertz CT molecular complexity index is 2040. The maximum Gasteiger partial charge on any atom is 0.0541 e. The van der Waals surface area contributed by atoms with E-state index in [0.29, 0.717) is 0 Å². The van der Waals surface area contributed by atoms with Crippen LogP contribution in [0.2, 0.25) is 0 Å². The Morgan fingerprint density at radius 3 is 1.90 bits per heavy atom. The van der Waals surface area contributed by atoms with Gasteiger partial charge in [0.1, 0.15) is 0 Å². The lowest BCUT2D eigenvalue weighted by atomic mass is 9.99. The van der Waals surface area contributed by atoms with E-state index in [1.807, 2.05) is 0 Å². The van der Waals surface area contributed by atoms with Gasteiger partial charge in [-0.25, -0.2) is 0 Å². The lowest BCUT2D eigenvalue weighted by molar-refractivity contribution is 1.06. The highest BCUT2D eigenvalue weighted by Crippen LogP contribution is 2.38. The molecule has 2 nitrogen and oxygen atoms in total. The molecule has 0 unspecified atom stereocenters. The molecule has 7 aromatic rings. The summed E-state index contributed by atoms with van der Waals surface area (Å²) in [6.45, 7) is 4.35. The number of halogens is 1. The van der Waals surface area contributed by atoms with Gasteiger partial charge in [0, 0.05) is 37.7 Å². The molecule has 0 aliphatic rings. The second kappa shape index (κ2) is 10.0. The van der Waals surface area contributed by atoms with Crippen molar-refractivity contribution in [1.82, 2.24) is 9.13 Å². The molecular formula is C37H29BrN2. The van der Waals surface area contributed by atoms with Gasteiger partial charge in [-0.3, -0.25) is 0 Å². The number of hydrogen-bond donors (Lipinski definition) is 0. The van der Waals surface area contributed by atoms with E-state index in [9.17, 15) is 0 Å². The van der Waals surface area contributed by atoms with Crippen LogP contribution in [0.25, 0.3) is 61.3 Å².